The number of piperidine rings is 1. The fourth-order valence-corrected chi connectivity index (χ4v) is 5.41. The average Bonchev–Trinajstić information content (AvgIpc) is 3.49. The number of ether oxygens (including phenoxy) is 2. The summed E-state index contributed by atoms with van der Waals surface area (Å²) in [5.41, 5.74) is 3.16. The van der Waals surface area contributed by atoms with E-state index in [1.54, 1.807) is 13.3 Å². The summed E-state index contributed by atoms with van der Waals surface area (Å²) in [5, 5.41) is 15.9. The molecule has 9 nitrogen and oxygen atoms in total. The number of aromatic nitrogens is 4. The molecule has 0 saturated carbocycles. The molecule has 2 aliphatic rings. The van der Waals surface area contributed by atoms with Crippen molar-refractivity contribution in [1.82, 2.24) is 25.3 Å². The molecule has 2 aromatic heterocycles. The molecule has 2 fully saturated rings. The van der Waals surface area contributed by atoms with Gasteiger partial charge in [0, 0.05) is 42.5 Å². The highest BCUT2D eigenvalue weighted by molar-refractivity contribution is 5.74. The third kappa shape index (κ3) is 4.74. The first-order chi connectivity index (χ1) is 17.2. The fraction of sp³-hybridized carbons (Fsp3) is 0.481. The van der Waals surface area contributed by atoms with E-state index in [0.29, 0.717) is 6.04 Å². The molecular weight excluding hydrogens is 456 g/mol. The Balaban J connectivity index is 1.29. The maximum Gasteiger partial charge on any atom is 0.410 e. The van der Waals surface area contributed by atoms with Crippen LogP contribution in [0.15, 0.2) is 42.7 Å². The lowest BCUT2D eigenvalue weighted by atomic mass is 9.96. The van der Waals surface area contributed by atoms with Gasteiger partial charge in [-0.3, -0.25) is 5.10 Å². The number of carbonyl (C=O) groups is 1. The number of H-pyrrole nitrogens is 1. The van der Waals surface area contributed by atoms with Crippen LogP contribution in [0.3, 0.4) is 0 Å². The van der Waals surface area contributed by atoms with E-state index in [2.05, 4.69) is 32.3 Å². The van der Waals surface area contributed by atoms with Crippen molar-refractivity contribution >= 4 is 11.9 Å². The molecule has 3 atom stereocenters. The number of hydrogen-bond acceptors (Lipinski definition) is 7. The van der Waals surface area contributed by atoms with Crippen molar-refractivity contribution < 1.29 is 14.3 Å². The van der Waals surface area contributed by atoms with Gasteiger partial charge in [-0.1, -0.05) is 6.07 Å². The minimum absolute atomic E-state index is 0.187. The van der Waals surface area contributed by atoms with E-state index < -0.39 is 5.60 Å². The SMILES string of the molecule is COc1cc(-c2cn[nH]c2)ccc1-c1ccc(N(C)C2C[C@H]3CC[C@@H](C2)N3C(=O)OC(C)(C)C)nn1. The fourth-order valence-electron chi connectivity index (χ4n) is 5.41. The van der Waals surface area contributed by atoms with Crippen LogP contribution in [0.2, 0.25) is 0 Å². The number of benzene rings is 1. The standard InChI is InChI=1S/C27H34N6O3/c1-27(2,3)36-26(34)33-19-7-8-20(33)14-21(13-19)32(4)25-11-10-23(30-31-25)22-9-6-17(12-24(22)35-5)18-15-28-29-16-18/h6,9-12,15-16,19-21H,7-8,13-14H2,1-5H3,(H,28,29)/t19-,20+,21?. The highest BCUT2D eigenvalue weighted by Gasteiger charge is 2.45. The molecule has 190 valence electrons. The number of aromatic amines is 1. The monoisotopic (exact) mass is 490 g/mol. The molecule has 36 heavy (non-hydrogen) atoms. The molecule has 5 rings (SSSR count). The molecule has 0 aliphatic carbocycles. The molecule has 2 aliphatic heterocycles. The lowest BCUT2D eigenvalue weighted by Crippen LogP contribution is -2.53. The summed E-state index contributed by atoms with van der Waals surface area (Å²) in [4.78, 5) is 17.0. The summed E-state index contributed by atoms with van der Waals surface area (Å²) < 4.78 is 11.3. The molecule has 9 heteroatoms. The van der Waals surface area contributed by atoms with E-state index in [1.165, 1.54) is 0 Å². The van der Waals surface area contributed by atoms with E-state index in [-0.39, 0.29) is 18.2 Å². The van der Waals surface area contributed by atoms with Crippen molar-refractivity contribution in [3.8, 4) is 28.1 Å². The van der Waals surface area contributed by atoms with Crippen LogP contribution in [0, 0.1) is 0 Å². The number of methoxy groups -OCH3 is 1. The predicted octanol–water partition coefficient (Wildman–Crippen LogP) is 4.91. The molecule has 3 aromatic rings. The second-order valence-electron chi connectivity index (χ2n) is 10.7. The summed E-state index contributed by atoms with van der Waals surface area (Å²) in [7, 11) is 3.72. The van der Waals surface area contributed by atoms with Gasteiger partial charge in [0.1, 0.15) is 11.4 Å². The van der Waals surface area contributed by atoms with E-state index in [4.69, 9.17) is 9.47 Å². The molecule has 1 N–H and O–H groups in total. The van der Waals surface area contributed by atoms with Crippen LogP contribution in [-0.4, -0.2) is 69.3 Å². The smallest absolute Gasteiger partial charge is 0.410 e. The minimum atomic E-state index is -0.482. The van der Waals surface area contributed by atoms with Crippen molar-refractivity contribution in [2.24, 2.45) is 0 Å². The number of fused-ring (bicyclic) bond motifs is 2. The molecule has 0 radical (unpaired) electrons. The Labute approximate surface area is 211 Å². The second kappa shape index (κ2) is 9.44. The molecule has 1 unspecified atom stereocenters. The number of carbonyl (C=O) groups excluding carboxylic acids is 1. The molecule has 2 saturated heterocycles. The van der Waals surface area contributed by atoms with Crippen molar-refractivity contribution in [3.05, 3.63) is 42.7 Å². The quantitative estimate of drug-likeness (QED) is 0.543. The Hall–Kier alpha value is -3.62. The molecular formula is C27H34N6O3. The lowest BCUT2D eigenvalue weighted by molar-refractivity contribution is 0.00597. The molecule has 4 heterocycles. The van der Waals surface area contributed by atoms with Gasteiger partial charge in [-0.2, -0.15) is 5.10 Å². The van der Waals surface area contributed by atoms with Crippen LogP contribution < -0.4 is 9.64 Å². The zero-order valence-electron chi connectivity index (χ0n) is 21.6. The third-order valence-corrected chi connectivity index (χ3v) is 7.18. The van der Waals surface area contributed by atoms with Crippen LogP contribution >= 0.6 is 0 Å². The largest absolute Gasteiger partial charge is 0.496 e. The number of anilines is 1. The van der Waals surface area contributed by atoms with Gasteiger partial charge in [0.05, 0.1) is 19.0 Å². The van der Waals surface area contributed by atoms with Crippen LogP contribution in [0.25, 0.3) is 22.4 Å². The number of rotatable bonds is 5. The van der Waals surface area contributed by atoms with Crippen LogP contribution in [-0.2, 0) is 4.74 Å². The Morgan fingerprint density at radius 1 is 1.08 bits per heavy atom. The Morgan fingerprint density at radius 3 is 2.42 bits per heavy atom. The topological polar surface area (TPSA) is 96.5 Å². The third-order valence-electron chi connectivity index (χ3n) is 7.18. The van der Waals surface area contributed by atoms with Gasteiger partial charge in [0.2, 0.25) is 0 Å². The van der Waals surface area contributed by atoms with E-state index in [9.17, 15) is 4.79 Å². The van der Waals surface area contributed by atoms with Gasteiger partial charge in [-0.25, -0.2) is 4.79 Å². The van der Waals surface area contributed by atoms with Crippen LogP contribution in [0.1, 0.15) is 46.5 Å². The maximum absolute atomic E-state index is 12.8. The first-order valence-corrected chi connectivity index (χ1v) is 12.5. The van der Waals surface area contributed by atoms with Gasteiger partial charge < -0.3 is 19.3 Å². The van der Waals surface area contributed by atoms with Crippen molar-refractivity contribution in [2.45, 2.75) is 70.2 Å². The number of nitrogens with one attached hydrogen (secondary N) is 1. The number of nitrogens with zero attached hydrogens (tertiary/aromatic N) is 5. The molecule has 1 amide bonds. The van der Waals surface area contributed by atoms with Gasteiger partial charge in [0.15, 0.2) is 5.82 Å². The normalized spacial score (nSPS) is 21.4. The zero-order chi connectivity index (χ0) is 25.4. The number of hydrogen-bond donors (Lipinski definition) is 1. The van der Waals surface area contributed by atoms with Gasteiger partial charge in [-0.15, -0.1) is 10.2 Å². The second-order valence-corrected chi connectivity index (χ2v) is 10.7. The molecule has 1 aromatic carbocycles. The van der Waals surface area contributed by atoms with Crippen molar-refractivity contribution in [2.75, 3.05) is 19.1 Å². The maximum atomic E-state index is 12.8. The Morgan fingerprint density at radius 2 is 1.83 bits per heavy atom. The number of amides is 1. The summed E-state index contributed by atoms with van der Waals surface area (Å²) in [5.74, 6) is 1.55. The Kier molecular flexibility index (Phi) is 6.32. The molecule has 0 spiro atoms. The van der Waals surface area contributed by atoms with Crippen LogP contribution in [0.5, 0.6) is 5.75 Å². The first kappa shape index (κ1) is 24.1. The summed E-state index contributed by atoms with van der Waals surface area (Å²) in [6.07, 6.45) is 7.29. The Bertz CT molecular complexity index is 1190. The zero-order valence-corrected chi connectivity index (χ0v) is 21.6. The van der Waals surface area contributed by atoms with Crippen molar-refractivity contribution in [3.63, 3.8) is 0 Å². The van der Waals surface area contributed by atoms with Crippen LogP contribution in [0.4, 0.5) is 10.6 Å². The van der Waals surface area contributed by atoms with Gasteiger partial charge in [-0.05, 0) is 76.3 Å². The van der Waals surface area contributed by atoms with E-state index in [0.717, 1.165) is 59.6 Å². The first-order valence-electron chi connectivity index (χ1n) is 12.5. The highest BCUT2D eigenvalue weighted by Crippen LogP contribution is 2.39. The van der Waals surface area contributed by atoms with Gasteiger partial charge >= 0.3 is 6.09 Å². The van der Waals surface area contributed by atoms with Crippen molar-refractivity contribution in [1.29, 1.82) is 0 Å². The summed E-state index contributed by atoms with van der Waals surface area (Å²) in [6, 6.07) is 10.7. The minimum Gasteiger partial charge on any atom is -0.496 e. The molecule has 2 bridgehead atoms. The van der Waals surface area contributed by atoms with Gasteiger partial charge in [0.25, 0.3) is 0 Å². The summed E-state index contributed by atoms with van der Waals surface area (Å²) >= 11 is 0. The highest BCUT2D eigenvalue weighted by atomic mass is 16.6. The lowest BCUT2D eigenvalue weighted by Gasteiger charge is -2.42. The van der Waals surface area contributed by atoms with E-state index in [1.807, 2.05) is 62.2 Å². The summed E-state index contributed by atoms with van der Waals surface area (Å²) in [6.45, 7) is 5.75. The average molecular weight is 491 g/mol. The van der Waals surface area contributed by atoms with E-state index >= 15 is 0 Å². The predicted molar refractivity (Wildman–Crippen MR) is 138 cm³/mol.